The van der Waals surface area contributed by atoms with Gasteiger partial charge in [0.1, 0.15) is 6.61 Å². The zero-order chi connectivity index (χ0) is 31.9. The lowest BCUT2D eigenvalue weighted by Gasteiger charge is -2.19. The molecule has 0 aromatic carbocycles. The Bertz CT molecular complexity index is 687. The van der Waals surface area contributed by atoms with E-state index in [0.717, 1.165) is 45.6 Å². The fourth-order valence-electron chi connectivity index (χ4n) is 5.07. The smallest absolute Gasteiger partial charge is 0.462 e. The van der Waals surface area contributed by atoms with Crippen LogP contribution in [0.3, 0.4) is 0 Å². The molecular weight excluding hydrogens is 567 g/mol. The van der Waals surface area contributed by atoms with Gasteiger partial charge in [0.15, 0.2) is 6.10 Å². The molecule has 0 spiro atoms. The SMILES string of the molecule is CCCCCCCCCCCCCCCCCC(=O)OC(COC(=O)CCCCCCCCCCC)COP(=O)(O)OC. The fraction of sp³-hybridized carbons (Fsp3) is 0.941. The van der Waals surface area contributed by atoms with Crippen molar-refractivity contribution in [3.63, 3.8) is 0 Å². The Morgan fingerprint density at radius 1 is 0.558 bits per heavy atom. The second kappa shape index (κ2) is 31.0. The third kappa shape index (κ3) is 30.8. The van der Waals surface area contributed by atoms with Gasteiger partial charge in [0.05, 0.1) is 6.61 Å². The van der Waals surface area contributed by atoms with Crippen LogP contribution in [0, 0.1) is 0 Å². The topological polar surface area (TPSA) is 108 Å². The largest absolute Gasteiger partial charge is 0.472 e. The van der Waals surface area contributed by atoms with Crippen LogP contribution in [0.5, 0.6) is 0 Å². The Balaban J connectivity index is 4.03. The summed E-state index contributed by atoms with van der Waals surface area (Å²) in [7, 11) is -3.18. The molecule has 0 aromatic heterocycles. The highest BCUT2D eigenvalue weighted by molar-refractivity contribution is 7.47. The number of esters is 2. The van der Waals surface area contributed by atoms with Gasteiger partial charge >= 0.3 is 19.8 Å². The number of carbonyl (C=O) groups excluding carboxylic acids is 2. The maximum absolute atomic E-state index is 12.4. The molecule has 2 unspecified atom stereocenters. The summed E-state index contributed by atoms with van der Waals surface area (Å²) in [6, 6.07) is 0. The Morgan fingerprint density at radius 2 is 0.907 bits per heavy atom. The predicted molar refractivity (Wildman–Crippen MR) is 175 cm³/mol. The van der Waals surface area contributed by atoms with E-state index in [4.69, 9.17) is 14.0 Å². The minimum Gasteiger partial charge on any atom is -0.462 e. The number of hydrogen-bond acceptors (Lipinski definition) is 7. The highest BCUT2D eigenvalue weighted by Crippen LogP contribution is 2.42. The van der Waals surface area contributed by atoms with Crippen LogP contribution in [0.2, 0.25) is 0 Å². The highest BCUT2D eigenvalue weighted by atomic mass is 31.2. The van der Waals surface area contributed by atoms with Crippen molar-refractivity contribution in [1.82, 2.24) is 0 Å². The number of hydrogen-bond donors (Lipinski definition) is 1. The minimum atomic E-state index is -4.24. The predicted octanol–water partition coefficient (Wildman–Crippen LogP) is 10.4. The lowest BCUT2D eigenvalue weighted by molar-refractivity contribution is -0.161. The molecule has 0 aliphatic rings. The molecule has 0 aliphatic carbocycles. The lowest BCUT2D eigenvalue weighted by Crippen LogP contribution is -2.29. The van der Waals surface area contributed by atoms with Gasteiger partial charge in [0.2, 0.25) is 0 Å². The quantitative estimate of drug-likeness (QED) is 0.0431. The van der Waals surface area contributed by atoms with Crippen molar-refractivity contribution < 1.29 is 37.6 Å². The molecule has 0 fully saturated rings. The molecule has 0 aliphatic heterocycles. The number of unbranched alkanes of at least 4 members (excludes halogenated alkanes) is 22. The van der Waals surface area contributed by atoms with Crippen molar-refractivity contribution in [3.8, 4) is 0 Å². The van der Waals surface area contributed by atoms with E-state index in [1.807, 2.05) is 0 Å². The Morgan fingerprint density at radius 3 is 1.28 bits per heavy atom. The van der Waals surface area contributed by atoms with Crippen LogP contribution >= 0.6 is 7.82 Å². The molecule has 0 radical (unpaired) electrons. The molecule has 2 atom stereocenters. The second-order valence-corrected chi connectivity index (χ2v) is 13.6. The third-order valence-electron chi connectivity index (χ3n) is 7.85. The fourth-order valence-corrected chi connectivity index (χ4v) is 5.53. The number of rotatable bonds is 33. The number of ether oxygens (including phenoxy) is 2. The molecule has 0 bridgehead atoms. The van der Waals surface area contributed by atoms with E-state index >= 15 is 0 Å². The molecule has 0 amide bonds. The zero-order valence-corrected chi connectivity index (χ0v) is 29.0. The summed E-state index contributed by atoms with van der Waals surface area (Å²) in [5, 5.41) is 0. The summed E-state index contributed by atoms with van der Waals surface area (Å²) in [6.07, 6.45) is 28.7. The Hall–Kier alpha value is -0.950. The van der Waals surface area contributed by atoms with E-state index < -0.39 is 26.5 Å². The molecule has 1 N–H and O–H groups in total. The first-order valence-corrected chi connectivity index (χ1v) is 19.2. The maximum atomic E-state index is 12.4. The van der Waals surface area contributed by atoms with E-state index in [1.165, 1.54) is 116 Å². The van der Waals surface area contributed by atoms with Gasteiger partial charge in [-0.3, -0.25) is 18.6 Å². The first-order valence-electron chi connectivity index (χ1n) is 17.7. The molecule has 0 saturated carbocycles. The Labute approximate surface area is 264 Å². The van der Waals surface area contributed by atoms with Crippen molar-refractivity contribution in [2.75, 3.05) is 20.3 Å². The summed E-state index contributed by atoms with van der Waals surface area (Å²) in [5.74, 6) is -0.797. The van der Waals surface area contributed by atoms with Crippen molar-refractivity contribution in [2.45, 2.75) is 187 Å². The van der Waals surface area contributed by atoms with Crippen LogP contribution in [0.25, 0.3) is 0 Å². The van der Waals surface area contributed by atoms with E-state index in [-0.39, 0.29) is 19.0 Å². The van der Waals surface area contributed by atoms with Gasteiger partial charge in [-0.25, -0.2) is 4.57 Å². The van der Waals surface area contributed by atoms with Crippen LogP contribution in [0.1, 0.15) is 181 Å². The summed E-state index contributed by atoms with van der Waals surface area (Å²) in [4.78, 5) is 34.1. The lowest BCUT2D eigenvalue weighted by atomic mass is 10.0. The maximum Gasteiger partial charge on any atom is 0.472 e. The highest BCUT2D eigenvalue weighted by Gasteiger charge is 2.24. The molecule has 256 valence electrons. The summed E-state index contributed by atoms with van der Waals surface area (Å²) in [5.41, 5.74) is 0. The van der Waals surface area contributed by atoms with Crippen molar-refractivity contribution in [1.29, 1.82) is 0 Å². The van der Waals surface area contributed by atoms with Gasteiger partial charge in [0.25, 0.3) is 0 Å². The molecule has 0 rings (SSSR count). The molecule has 8 nitrogen and oxygen atoms in total. The standard InChI is InChI=1S/C34H67O8P/c1-4-6-8-10-12-14-15-16-17-18-19-21-23-25-27-29-34(36)42-32(31-41-43(37,38)39-3)30-40-33(35)28-26-24-22-20-13-11-9-7-5-2/h32H,4-31H2,1-3H3,(H,37,38). The Kier molecular flexibility index (Phi) is 30.4. The molecule has 9 heteroatoms. The normalized spacial score (nSPS) is 13.5. The van der Waals surface area contributed by atoms with Gasteiger partial charge in [-0.05, 0) is 12.8 Å². The minimum absolute atomic E-state index is 0.218. The van der Waals surface area contributed by atoms with Crippen LogP contribution in [0.15, 0.2) is 0 Å². The van der Waals surface area contributed by atoms with E-state index in [2.05, 4.69) is 18.4 Å². The van der Waals surface area contributed by atoms with Gasteiger partial charge < -0.3 is 14.4 Å². The first-order chi connectivity index (χ1) is 20.8. The van der Waals surface area contributed by atoms with Gasteiger partial charge in [-0.1, -0.05) is 155 Å². The summed E-state index contributed by atoms with van der Waals surface area (Å²) >= 11 is 0. The average molecular weight is 635 g/mol. The van der Waals surface area contributed by atoms with Crippen molar-refractivity contribution >= 4 is 19.8 Å². The van der Waals surface area contributed by atoms with Crippen LogP contribution in [0.4, 0.5) is 0 Å². The van der Waals surface area contributed by atoms with Gasteiger partial charge in [-0.2, -0.15) is 0 Å². The summed E-state index contributed by atoms with van der Waals surface area (Å²) < 4.78 is 31.7. The van der Waals surface area contributed by atoms with Crippen LogP contribution < -0.4 is 0 Å². The van der Waals surface area contributed by atoms with Crippen molar-refractivity contribution in [3.05, 3.63) is 0 Å². The number of phosphoric ester groups is 1. The average Bonchev–Trinajstić information content (AvgIpc) is 2.99. The monoisotopic (exact) mass is 634 g/mol. The molecule has 43 heavy (non-hydrogen) atoms. The van der Waals surface area contributed by atoms with E-state index in [9.17, 15) is 19.0 Å². The number of carbonyl (C=O) groups is 2. The second-order valence-electron chi connectivity index (χ2n) is 12.0. The first kappa shape index (κ1) is 42.0. The molecule has 0 saturated heterocycles. The van der Waals surface area contributed by atoms with E-state index in [0.29, 0.717) is 6.42 Å². The number of phosphoric acid groups is 1. The van der Waals surface area contributed by atoms with Crippen LogP contribution in [-0.2, 0) is 32.7 Å². The van der Waals surface area contributed by atoms with Gasteiger partial charge in [-0.15, -0.1) is 0 Å². The molecule has 0 heterocycles. The van der Waals surface area contributed by atoms with Crippen molar-refractivity contribution in [2.24, 2.45) is 0 Å². The molecular formula is C34H67O8P. The van der Waals surface area contributed by atoms with Gasteiger partial charge in [0, 0.05) is 20.0 Å². The third-order valence-corrected chi connectivity index (χ3v) is 8.79. The zero-order valence-electron chi connectivity index (χ0n) is 28.1. The molecule has 0 aromatic rings. The van der Waals surface area contributed by atoms with E-state index in [1.54, 1.807) is 0 Å². The summed E-state index contributed by atoms with van der Waals surface area (Å²) in [6.45, 7) is 3.86. The van der Waals surface area contributed by atoms with Crippen LogP contribution in [-0.4, -0.2) is 43.3 Å².